The van der Waals surface area contributed by atoms with Gasteiger partial charge in [-0.1, -0.05) is 6.92 Å². The molecule has 2 rings (SSSR count). The second-order valence-electron chi connectivity index (χ2n) is 5.37. The summed E-state index contributed by atoms with van der Waals surface area (Å²) < 4.78 is 10.4. The molecule has 3 unspecified atom stereocenters. The van der Waals surface area contributed by atoms with Crippen LogP contribution in [0.1, 0.15) is 40.0 Å². The molecular formula is C14H22O4. The van der Waals surface area contributed by atoms with Crippen molar-refractivity contribution in [2.75, 3.05) is 13.2 Å². The molecule has 0 amide bonds. The molecule has 2 aliphatic rings. The SMILES string of the molecule is CCOC(=O)C1(C(=O)OCC)C2CCC(C2)C1C. The van der Waals surface area contributed by atoms with E-state index in [-0.39, 0.29) is 23.8 Å². The molecule has 0 aliphatic heterocycles. The van der Waals surface area contributed by atoms with E-state index >= 15 is 0 Å². The van der Waals surface area contributed by atoms with Crippen molar-refractivity contribution in [2.24, 2.45) is 23.2 Å². The smallest absolute Gasteiger partial charge is 0.324 e. The van der Waals surface area contributed by atoms with E-state index in [1.54, 1.807) is 13.8 Å². The van der Waals surface area contributed by atoms with Crippen LogP contribution in [0, 0.1) is 23.2 Å². The Morgan fingerprint density at radius 2 is 1.67 bits per heavy atom. The number of fused-ring (bicyclic) bond motifs is 2. The normalized spacial score (nSPS) is 32.3. The number of esters is 2. The van der Waals surface area contributed by atoms with Crippen molar-refractivity contribution < 1.29 is 19.1 Å². The Kier molecular flexibility index (Phi) is 3.64. The van der Waals surface area contributed by atoms with E-state index in [0.29, 0.717) is 19.1 Å². The molecule has 0 aromatic heterocycles. The Hall–Kier alpha value is -1.06. The highest BCUT2D eigenvalue weighted by atomic mass is 16.6. The molecule has 2 aliphatic carbocycles. The van der Waals surface area contributed by atoms with Crippen LogP contribution in [0.4, 0.5) is 0 Å². The molecule has 2 saturated carbocycles. The quantitative estimate of drug-likeness (QED) is 0.570. The third-order valence-electron chi connectivity index (χ3n) is 4.77. The van der Waals surface area contributed by atoms with Crippen LogP contribution in [0.3, 0.4) is 0 Å². The molecule has 0 spiro atoms. The predicted molar refractivity (Wildman–Crippen MR) is 65.7 cm³/mol. The molecule has 0 aromatic carbocycles. The van der Waals surface area contributed by atoms with E-state index < -0.39 is 5.41 Å². The fourth-order valence-corrected chi connectivity index (χ4v) is 3.92. The van der Waals surface area contributed by atoms with Gasteiger partial charge in [0.25, 0.3) is 0 Å². The summed E-state index contributed by atoms with van der Waals surface area (Å²) in [6, 6.07) is 0. The van der Waals surface area contributed by atoms with E-state index in [4.69, 9.17) is 9.47 Å². The highest BCUT2D eigenvalue weighted by Crippen LogP contribution is 2.60. The van der Waals surface area contributed by atoms with Gasteiger partial charge in [0.05, 0.1) is 13.2 Å². The highest BCUT2D eigenvalue weighted by Gasteiger charge is 2.66. The fourth-order valence-electron chi connectivity index (χ4n) is 3.92. The summed E-state index contributed by atoms with van der Waals surface area (Å²) >= 11 is 0. The maximum atomic E-state index is 12.4. The van der Waals surface area contributed by atoms with Crippen molar-refractivity contribution in [3.05, 3.63) is 0 Å². The Balaban J connectivity index is 2.34. The first-order chi connectivity index (χ1) is 8.58. The van der Waals surface area contributed by atoms with Gasteiger partial charge in [-0.15, -0.1) is 0 Å². The second kappa shape index (κ2) is 4.90. The van der Waals surface area contributed by atoms with Gasteiger partial charge < -0.3 is 9.47 Å². The zero-order valence-corrected chi connectivity index (χ0v) is 11.4. The third-order valence-corrected chi connectivity index (χ3v) is 4.77. The van der Waals surface area contributed by atoms with Gasteiger partial charge in [-0.2, -0.15) is 0 Å². The first-order valence-electron chi connectivity index (χ1n) is 6.93. The summed E-state index contributed by atoms with van der Waals surface area (Å²) in [5, 5.41) is 0. The van der Waals surface area contributed by atoms with Crippen molar-refractivity contribution in [1.29, 1.82) is 0 Å². The average molecular weight is 254 g/mol. The van der Waals surface area contributed by atoms with Crippen molar-refractivity contribution in [3.8, 4) is 0 Å². The molecule has 4 heteroatoms. The minimum atomic E-state index is -1.03. The van der Waals surface area contributed by atoms with Crippen molar-refractivity contribution in [3.63, 3.8) is 0 Å². The van der Waals surface area contributed by atoms with E-state index in [1.807, 2.05) is 6.92 Å². The Labute approximate surface area is 108 Å². The lowest BCUT2D eigenvalue weighted by atomic mass is 9.66. The fraction of sp³-hybridized carbons (Fsp3) is 0.857. The van der Waals surface area contributed by atoms with Gasteiger partial charge in [-0.05, 0) is 50.9 Å². The summed E-state index contributed by atoms with van der Waals surface area (Å²) in [7, 11) is 0. The molecule has 18 heavy (non-hydrogen) atoms. The molecule has 2 fully saturated rings. The van der Waals surface area contributed by atoms with Crippen LogP contribution in [0.15, 0.2) is 0 Å². The third kappa shape index (κ3) is 1.65. The molecule has 4 nitrogen and oxygen atoms in total. The highest BCUT2D eigenvalue weighted by molar-refractivity contribution is 6.01. The molecule has 3 atom stereocenters. The lowest BCUT2D eigenvalue weighted by molar-refractivity contribution is -0.180. The molecule has 2 bridgehead atoms. The van der Waals surface area contributed by atoms with Gasteiger partial charge in [0.1, 0.15) is 0 Å². The van der Waals surface area contributed by atoms with Crippen molar-refractivity contribution >= 4 is 11.9 Å². The number of ether oxygens (including phenoxy) is 2. The summed E-state index contributed by atoms with van der Waals surface area (Å²) in [5.74, 6) is -0.139. The van der Waals surface area contributed by atoms with Crippen LogP contribution in [0.25, 0.3) is 0 Å². The van der Waals surface area contributed by atoms with E-state index in [1.165, 1.54) is 0 Å². The Morgan fingerprint density at radius 3 is 2.06 bits per heavy atom. The van der Waals surface area contributed by atoms with Gasteiger partial charge in [0, 0.05) is 0 Å². The molecule has 0 saturated heterocycles. The Bertz CT molecular complexity index is 328. The summed E-state index contributed by atoms with van der Waals surface area (Å²) in [6.07, 6.45) is 3.01. The van der Waals surface area contributed by atoms with Crippen molar-refractivity contribution in [2.45, 2.75) is 40.0 Å². The Morgan fingerprint density at radius 1 is 1.11 bits per heavy atom. The topological polar surface area (TPSA) is 52.6 Å². The molecule has 0 heterocycles. The number of carbonyl (C=O) groups is 2. The minimum Gasteiger partial charge on any atom is -0.465 e. The van der Waals surface area contributed by atoms with Crippen LogP contribution >= 0.6 is 0 Å². The van der Waals surface area contributed by atoms with Gasteiger partial charge in [-0.25, -0.2) is 0 Å². The van der Waals surface area contributed by atoms with Gasteiger partial charge >= 0.3 is 11.9 Å². The summed E-state index contributed by atoms with van der Waals surface area (Å²) in [5.41, 5.74) is -1.03. The van der Waals surface area contributed by atoms with Gasteiger partial charge in [0.2, 0.25) is 0 Å². The van der Waals surface area contributed by atoms with Gasteiger partial charge in [0.15, 0.2) is 5.41 Å². The summed E-state index contributed by atoms with van der Waals surface area (Å²) in [4.78, 5) is 24.7. The van der Waals surface area contributed by atoms with Crippen LogP contribution in [0.2, 0.25) is 0 Å². The molecule has 102 valence electrons. The van der Waals surface area contributed by atoms with Crippen LogP contribution in [-0.4, -0.2) is 25.2 Å². The second-order valence-corrected chi connectivity index (χ2v) is 5.37. The molecular weight excluding hydrogens is 232 g/mol. The predicted octanol–water partition coefficient (Wildman–Crippen LogP) is 2.17. The first kappa shape index (κ1) is 13.4. The number of hydrogen-bond donors (Lipinski definition) is 0. The maximum absolute atomic E-state index is 12.4. The standard InChI is InChI=1S/C14H22O4/c1-4-17-12(15)14(13(16)18-5-2)9(3)10-6-7-11(14)8-10/h9-11H,4-8H2,1-3H3. The monoisotopic (exact) mass is 254 g/mol. The zero-order chi connectivity index (χ0) is 13.3. The first-order valence-corrected chi connectivity index (χ1v) is 6.93. The lowest BCUT2D eigenvalue weighted by Gasteiger charge is -2.37. The van der Waals surface area contributed by atoms with E-state index in [9.17, 15) is 9.59 Å². The number of hydrogen-bond acceptors (Lipinski definition) is 4. The lowest BCUT2D eigenvalue weighted by Crippen LogP contribution is -2.50. The largest absolute Gasteiger partial charge is 0.465 e. The van der Waals surface area contributed by atoms with E-state index in [2.05, 4.69) is 0 Å². The summed E-state index contributed by atoms with van der Waals surface area (Å²) in [6.45, 7) is 6.16. The molecule has 0 radical (unpaired) electrons. The number of rotatable bonds is 4. The molecule has 0 N–H and O–H groups in total. The number of carbonyl (C=O) groups excluding carboxylic acids is 2. The molecule has 0 aromatic rings. The van der Waals surface area contributed by atoms with Gasteiger partial charge in [-0.3, -0.25) is 9.59 Å². The van der Waals surface area contributed by atoms with Crippen molar-refractivity contribution in [1.82, 2.24) is 0 Å². The minimum absolute atomic E-state index is 0.0364. The van der Waals surface area contributed by atoms with E-state index in [0.717, 1.165) is 19.3 Å². The zero-order valence-electron chi connectivity index (χ0n) is 11.4. The average Bonchev–Trinajstić information content (AvgIpc) is 2.89. The van der Waals surface area contributed by atoms with Crippen LogP contribution in [-0.2, 0) is 19.1 Å². The maximum Gasteiger partial charge on any atom is 0.324 e. The van der Waals surface area contributed by atoms with Crippen LogP contribution in [0.5, 0.6) is 0 Å². The van der Waals surface area contributed by atoms with Crippen LogP contribution < -0.4 is 0 Å².